The van der Waals surface area contributed by atoms with Crippen molar-refractivity contribution >= 4 is 17.2 Å². The first-order valence-electron chi connectivity index (χ1n) is 7.72. The first kappa shape index (κ1) is 16.5. The average molecular weight is 340 g/mol. The Balaban J connectivity index is 1.87. The van der Waals surface area contributed by atoms with Crippen molar-refractivity contribution in [2.75, 3.05) is 11.9 Å². The van der Waals surface area contributed by atoms with Gasteiger partial charge in [-0.15, -0.1) is 0 Å². The van der Waals surface area contributed by atoms with Gasteiger partial charge < -0.3 is 10.4 Å². The van der Waals surface area contributed by atoms with Crippen LogP contribution < -0.4 is 5.32 Å². The fourth-order valence-corrected chi connectivity index (χ4v) is 3.14. The molecule has 6 heteroatoms. The molecule has 0 aliphatic carbocycles. The van der Waals surface area contributed by atoms with E-state index in [1.807, 2.05) is 42.8 Å². The number of aryl methyl sites for hydroxylation is 1. The van der Waals surface area contributed by atoms with E-state index in [0.29, 0.717) is 12.4 Å². The zero-order chi connectivity index (χ0) is 17.2. The maximum absolute atomic E-state index is 10.7. The van der Waals surface area contributed by atoms with Crippen LogP contribution in [0.25, 0.3) is 11.4 Å². The highest BCUT2D eigenvalue weighted by molar-refractivity contribution is 7.08. The lowest BCUT2D eigenvalue weighted by atomic mass is 9.99. The fraction of sp³-hybridized carbons (Fsp3) is 0.278. The molecule has 0 aromatic carbocycles. The van der Waals surface area contributed by atoms with E-state index in [1.54, 1.807) is 30.7 Å². The molecule has 0 spiro atoms. The number of thiophene rings is 1. The highest BCUT2D eigenvalue weighted by atomic mass is 32.1. The van der Waals surface area contributed by atoms with Crippen molar-refractivity contribution < 1.29 is 5.11 Å². The Morgan fingerprint density at radius 2 is 1.92 bits per heavy atom. The lowest BCUT2D eigenvalue weighted by Crippen LogP contribution is -2.30. The van der Waals surface area contributed by atoms with Crippen LogP contribution in [-0.4, -0.2) is 26.6 Å². The number of aromatic nitrogens is 3. The van der Waals surface area contributed by atoms with Crippen molar-refractivity contribution in [3.05, 3.63) is 58.2 Å². The van der Waals surface area contributed by atoms with Gasteiger partial charge in [-0.3, -0.25) is 4.98 Å². The summed E-state index contributed by atoms with van der Waals surface area (Å²) in [4.78, 5) is 13.2. The largest absolute Gasteiger partial charge is 0.384 e. The molecule has 0 aliphatic rings. The molecule has 2 N–H and O–H groups in total. The number of hydrogen-bond acceptors (Lipinski definition) is 6. The van der Waals surface area contributed by atoms with Crippen LogP contribution in [0.1, 0.15) is 23.7 Å². The second-order valence-electron chi connectivity index (χ2n) is 5.98. The lowest BCUT2D eigenvalue weighted by Gasteiger charge is -2.24. The molecule has 0 saturated heterocycles. The molecule has 3 aromatic heterocycles. The molecule has 3 heterocycles. The molecule has 24 heavy (non-hydrogen) atoms. The molecule has 0 fully saturated rings. The quantitative estimate of drug-likeness (QED) is 0.743. The van der Waals surface area contributed by atoms with Crippen molar-refractivity contribution in [2.45, 2.75) is 26.4 Å². The zero-order valence-corrected chi connectivity index (χ0v) is 14.8. The van der Waals surface area contributed by atoms with E-state index in [1.165, 1.54) is 0 Å². The first-order chi connectivity index (χ1) is 11.5. The Bertz CT molecular complexity index is 817. The van der Waals surface area contributed by atoms with Crippen molar-refractivity contribution in [1.29, 1.82) is 0 Å². The summed E-state index contributed by atoms with van der Waals surface area (Å²) in [5, 5.41) is 17.9. The number of nitrogens with one attached hydrogen (secondary N) is 1. The Labute approximate surface area is 145 Å². The summed E-state index contributed by atoms with van der Waals surface area (Å²) >= 11 is 1.57. The maximum Gasteiger partial charge on any atom is 0.161 e. The summed E-state index contributed by atoms with van der Waals surface area (Å²) in [6.45, 7) is 6.11. The summed E-state index contributed by atoms with van der Waals surface area (Å²) in [6, 6.07) is 5.71. The second kappa shape index (κ2) is 6.67. The molecular weight excluding hydrogens is 320 g/mol. The minimum absolute atomic E-state index is 0.372. The molecule has 0 aliphatic heterocycles. The van der Waals surface area contributed by atoms with E-state index >= 15 is 0 Å². The third-order valence-electron chi connectivity index (χ3n) is 4.07. The van der Waals surface area contributed by atoms with Gasteiger partial charge in [0.05, 0.1) is 0 Å². The van der Waals surface area contributed by atoms with E-state index in [0.717, 1.165) is 28.2 Å². The summed E-state index contributed by atoms with van der Waals surface area (Å²) in [6.07, 6.45) is 3.45. The van der Waals surface area contributed by atoms with Gasteiger partial charge in [0.2, 0.25) is 0 Å². The third kappa shape index (κ3) is 3.44. The molecule has 0 amide bonds. The topological polar surface area (TPSA) is 70.9 Å². The van der Waals surface area contributed by atoms with Crippen molar-refractivity contribution in [2.24, 2.45) is 0 Å². The van der Waals surface area contributed by atoms with Gasteiger partial charge in [-0.1, -0.05) is 0 Å². The van der Waals surface area contributed by atoms with Crippen LogP contribution >= 0.6 is 11.3 Å². The predicted octanol–water partition coefficient (Wildman–Crippen LogP) is 3.54. The predicted molar refractivity (Wildman–Crippen MR) is 97.1 cm³/mol. The first-order valence-corrected chi connectivity index (χ1v) is 8.66. The van der Waals surface area contributed by atoms with Gasteiger partial charge >= 0.3 is 0 Å². The molecule has 0 saturated carbocycles. The smallest absolute Gasteiger partial charge is 0.161 e. The van der Waals surface area contributed by atoms with E-state index in [4.69, 9.17) is 0 Å². The maximum atomic E-state index is 10.7. The fourth-order valence-electron chi connectivity index (χ4n) is 2.36. The van der Waals surface area contributed by atoms with Gasteiger partial charge in [-0.25, -0.2) is 9.97 Å². The molecule has 0 radical (unpaired) electrons. The number of aliphatic hydroxyl groups is 1. The average Bonchev–Trinajstić information content (AvgIpc) is 3.12. The van der Waals surface area contributed by atoms with Gasteiger partial charge in [0.1, 0.15) is 11.4 Å². The second-order valence-corrected chi connectivity index (χ2v) is 6.76. The molecule has 124 valence electrons. The normalized spacial score (nSPS) is 13.5. The Hall–Kier alpha value is -2.31. The number of hydrogen-bond donors (Lipinski definition) is 2. The van der Waals surface area contributed by atoms with Crippen LogP contribution in [0.2, 0.25) is 0 Å². The summed E-state index contributed by atoms with van der Waals surface area (Å²) in [5.74, 6) is 1.39. The van der Waals surface area contributed by atoms with Crippen LogP contribution in [0.3, 0.4) is 0 Å². The van der Waals surface area contributed by atoms with E-state index in [2.05, 4.69) is 20.3 Å². The highest BCUT2D eigenvalue weighted by Crippen LogP contribution is 2.25. The molecule has 1 atom stereocenters. The van der Waals surface area contributed by atoms with E-state index in [-0.39, 0.29) is 0 Å². The van der Waals surface area contributed by atoms with Crippen molar-refractivity contribution in [3.63, 3.8) is 0 Å². The van der Waals surface area contributed by atoms with Crippen LogP contribution in [0, 0.1) is 13.8 Å². The van der Waals surface area contributed by atoms with Gasteiger partial charge in [0.15, 0.2) is 5.82 Å². The number of pyridine rings is 1. The molecule has 1 unspecified atom stereocenters. The van der Waals surface area contributed by atoms with E-state index < -0.39 is 5.60 Å². The Morgan fingerprint density at radius 1 is 1.17 bits per heavy atom. The van der Waals surface area contributed by atoms with Crippen LogP contribution in [-0.2, 0) is 5.60 Å². The highest BCUT2D eigenvalue weighted by Gasteiger charge is 2.24. The number of anilines is 1. The third-order valence-corrected chi connectivity index (χ3v) is 4.75. The molecule has 3 aromatic rings. The standard InChI is InChI=1S/C18H20N4OS/c1-12-13(2)21-17(14-4-7-19-8-5-14)22-16(12)20-11-18(3,23)15-6-9-24-10-15/h4-10,23H,11H2,1-3H3,(H,20,21,22). The Morgan fingerprint density at radius 3 is 2.58 bits per heavy atom. The lowest BCUT2D eigenvalue weighted by molar-refractivity contribution is 0.0719. The van der Waals surface area contributed by atoms with Gasteiger partial charge in [-0.2, -0.15) is 11.3 Å². The molecule has 0 bridgehead atoms. The van der Waals surface area contributed by atoms with Gasteiger partial charge in [0.25, 0.3) is 0 Å². The molecule has 3 rings (SSSR count). The molecule has 5 nitrogen and oxygen atoms in total. The SMILES string of the molecule is Cc1nc(-c2ccncc2)nc(NCC(C)(O)c2ccsc2)c1C. The van der Waals surface area contributed by atoms with Crippen LogP contribution in [0.5, 0.6) is 0 Å². The summed E-state index contributed by atoms with van der Waals surface area (Å²) < 4.78 is 0. The zero-order valence-electron chi connectivity index (χ0n) is 13.9. The van der Waals surface area contributed by atoms with Gasteiger partial charge in [-0.05, 0) is 55.3 Å². The van der Waals surface area contributed by atoms with E-state index in [9.17, 15) is 5.11 Å². The number of nitrogens with zero attached hydrogens (tertiary/aromatic N) is 3. The summed E-state index contributed by atoms with van der Waals surface area (Å²) in [5.41, 5.74) is 2.75. The van der Waals surface area contributed by atoms with Gasteiger partial charge in [0, 0.05) is 35.8 Å². The minimum Gasteiger partial charge on any atom is -0.384 e. The summed E-state index contributed by atoms with van der Waals surface area (Å²) in [7, 11) is 0. The van der Waals surface area contributed by atoms with Crippen LogP contribution in [0.15, 0.2) is 41.4 Å². The monoisotopic (exact) mass is 340 g/mol. The minimum atomic E-state index is -0.956. The Kier molecular flexibility index (Phi) is 4.59. The van der Waals surface area contributed by atoms with Crippen LogP contribution in [0.4, 0.5) is 5.82 Å². The molecular formula is C18H20N4OS. The number of rotatable bonds is 5. The van der Waals surface area contributed by atoms with Crippen molar-refractivity contribution in [1.82, 2.24) is 15.0 Å². The van der Waals surface area contributed by atoms with Crippen molar-refractivity contribution in [3.8, 4) is 11.4 Å².